The van der Waals surface area contributed by atoms with Crippen LogP contribution in [-0.4, -0.2) is 5.11 Å². The molecule has 11 heavy (non-hydrogen) atoms. The minimum absolute atomic E-state index is 0. The average molecular weight is 217 g/mol. The Hall–Kier alpha value is -0.340. The van der Waals surface area contributed by atoms with Crippen molar-refractivity contribution < 1.29 is 5.11 Å². The number of benzene rings is 1. The van der Waals surface area contributed by atoms with Crippen LogP contribution in [0.15, 0.2) is 30.3 Å². The van der Waals surface area contributed by atoms with E-state index in [1.807, 2.05) is 37.3 Å². The molecule has 1 unspecified atom stereocenters. The summed E-state index contributed by atoms with van der Waals surface area (Å²) in [5.74, 6) is 0. The summed E-state index contributed by atoms with van der Waals surface area (Å²) in [5, 5.41) is 9.33. The Kier molecular flexibility index (Phi) is 5.16. The smallest absolute Gasteiger partial charge is 0.0787 e. The molecule has 0 heterocycles. The summed E-state index contributed by atoms with van der Waals surface area (Å²) in [7, 11) is 0. The number of hydrogen-bond acceptors (Lipinski definition) is 1. The zero-order chi connectivity index (χ0) is 7.40. The van der Waals surface area contributed by atoms with Gasteiger partial charge in [0.05, 0.1) is 6.10 Å². The first-order chi connectivity index (χ1) is 4.84. The van der Waals surface area contributed by atoms with Gasteiger partial charge >= 0.3 is 0 Å². The molecule has 0 aliphatic heterocycles. The summed E-state index contributed by atoms with van der Waals surface area (Å²) < 4.78 is 0. The molecule has 0 spiro atoms. The van der Waals surface area contributed by atoms with Crippen LogP contribution in [0.5, 0.6) is 0 Å². The highest BCUT2D eigenvalue weighted by Gasteiger charge is 2.00. The van der Waals surface area contributed by atoms with Crippen LogP contribution in [0.4, 0.5) is 0 Å². The van der Waals surface area contributed by atoms with Crippen molar-refractivity contribution in [1.82, 2.24) is 0 Å². The van der Waals surface area contributed by atoms with Gasteiger partial charge in [0.15, 0.2) is 0 Å². The van der Waals surface area contributed by atoms with E-state index >= 15 is 0 Å². The molecule has 0 amide bonds. The zero-order valence-corrected chi connectivity index (χ0v) is 8.24. The maximum atomic E-state index is 9.33. The molecule has 1 rings (SSSR count). The number of halogens is 1. The molecule has 0 aromatic heterocycles. The van der Waals surface area contributed by atoms with Crippen LogP contribution < -0.4 is 0 Å². The normalized spacial score (nSPS) is 11.8. The molecule has 1 aromatic carbocycles. The minimum atomic E-state index is -0.291. The lowest BCUT2D eigenvalue weighted by Gasteiger charge is -2.05. The molecule has 0 saturated heterocycles. The maximum absolute atomic E-state index is 9.33. The predicted octanol–water partition coefficient (Wildman–Crippen LogP) is 2.71. The Morgan fingerprint density at radius 3 is 2.27 bits per heavy atom. The van der Waals surface area contributed by atoms with E-state index in [9.17, 15) is 5.11 Å². The van der Waals surface area contributed by atoms with Crippen molar-refractivity contribution in [3.05, 3.63) is 35.9 Å². The minimum Gasteiger partial charge on any atom is -0.388 e. The summed E-state index contributed by atoms with van der Waals surface area (Å²) in [6.07, 6.45) is 0.491. The quantitative estimate of drug-likeness (QED) is 0.807. The number of aliphatic hydroxyl groups is 1. The van der Waals surface area contributed by atoms with E-state index in [2.05, 4.69) is 0 Å². The predicted molar refractivity (Wildman–Crippen MR) is 52.0 cm³/mol. The van der Waals surface area contributed by atoms with Crippen molar-refractivity contribution in [2.45, 2.75) is 19.4 Å². The van der Waals surface area contributed by atoms with E-state index in [0.717, 1.165) is 12.0 Å². The second-order valence-corrected chi connectivity index (χ2v) is 2.33. The van der Waals surface area contributed by atoms with Crippen molar-refractivity contribution in [3.63, 3.8) is 0 Å². The van der Waals surface area contributed by atoms with Crippen molar-refractivity contribution in [2.24, 2.45) is 0 Å². The summed E-state index contributed by atoms with van der Waals surface area (Å²) in [6, 6.07) is 9.70. The van der Waals surface area contributed by atoms with Gasteiger partial charge in [0, 0.05) is 0 Å². The molecule has 1 nitrogen and oxygen atoms in total. The average Bonchev–Trinajstić information content (AvgIpc) is 2.05. The van der Waals surface area contributed by atoms with Gasteiger partial charge in [0.2, 0.25) is 0 Å². The highest BCUT2D eigenvalue weighted by atomic mass is 79.9. The fraction of sp³-hybridized carbons (Fsp3) is 0.333. The fourth-order valence-corrected chi connectivity index (χ4v) is 0.911. The molecule has 0 saturated carbocycles. The van der Waals surface area contributed by atoms with Gasteiger partial charge in [0.25, 0.3) is 0 Å². The van der Waals surface area contributed by atoms with Crippen LogP contribution in [0.25, 0.3) is 0 Å². The lowest BCUT2D eigenvalue weighted by atomic mass is 10.1. The number of hydrogen-bond donors (Lipinski definition) is 1. The monoisotopic (exact) mass is 216 g/mol. The molecule has 0 aliphatic carbocycles. The lowest BCUT2D eigenvalue weighted by Crippen LogP contribution is -1.93. The Bertz CT molecular complexity index is 186. The summed E-state index contributed by atoms with van der Waals surface area (Å²) >= 11 is 0. The Morgan fingerprint density at radius 2 is 1.82 bits per heavy atom. The molecule has 0 aliphatic rings. The van der Waals surface area contributed by atoms with Gasteiger partial charge in [-0.25, -0.2) is 0 Å². The molecule has 1 N–H and O–H groups in total. The van der Waals surface area contributed by atoms with E-state index in [0.29, 0.717) is 0 Å². The molecular formula is C9H13BrO. The SMILES string of the molecule is Br.CCC(O)c1ccccc1. The molecular weight excluding hydrogens is 204 g/mol. The van der Waals surface area contributed by atoms with Crippen LogP contribution in [0.1, 0.15) is 25.0 Å². The Balaban J connectivity index is 0.000001000. The van der Waals surface area contributed by atoms with Crippen molar-refractivity contribution in [3.8, 4) is 0 Å². The molecule has 0 bridgehead atoms. The first-order valence-electron chi connectivity index (χ1n) is 3.57. The van der Waals surface area contributed by atoms with Gasteiger partial charge in [-0.1, -0.05) is 37.3 Å². The highest BCUT2D eigenvalue weighted by Crippen LogP contribution is 2.14. The Morgan fingerprint density at radius 1 is 1.27 bits per heavy atom. The first kappa shape index (κ1) is 10.7. The molecule has 62 valence electrons. The van der Waals surface area contributed by atoms with E-state index in [1.54, 1.807) is 0 Å². The lowest BCUT2D eigenvalue weighted by molar-refractivity contribution is 0.173. The van der Waals surface area contributed by atoms with Crippen LogP contribution in [-0.2, 0) is 0 Å². The number of aliphatic hydroxyl groups excluding tert-OH is 1. The van der Waals surface area contributed by atoms with Crippen LogP contribution in [0.2, 0.25) is 0 Å². The van der Waals surface area contributed by atoms with E-state index < -0.39 is 0 Å². The van der Waals surface area contributed by atoms with Gasteiger partial charge in [-0.05, 0) is 12.0 Å². The summed E-state index contributed by atoms with van der Waals surface area (Å²) in [6.45, 7) is 1.97. The standard InChI is InChI=1S/C9H12O.BrH/c1-2-9(10)8-6-4-3-5-7-8;/h3-7,9-10H,2H2,1H3;1H. The third kappa shape index (κ3) is 3.04. The van der Waals surface area contributed by atoms with Crippen LogP contribution in [0, 0.1) is 0 Å². The van der Waals surface area contributed by atoms with E-state index in [4.69, 9.17) is 0 Å². The van der Waals surface area contributed by atoms with E-state index in [-0.39, 0.29) is 23.1 Å². The zero-order valence-electron chi connectivity index (χ0n) is 6.53. The topological polar surface area (TPSA) is 20.2 Å². The molecule has 1 aromatic rings. The summed E-state index contributed by atoms with van der Waals surface area (Å²) in [4.78, 5) is 0. The largest absolute Gasteiger partial charge is 0.388 e. The van der Waals surface area contributed by atoms with Crippen LogP contribution >= 0.6 is 17.0 Å². The van der Waals surface area contributed by atoms with E-state index in [1.165, 1.54) is 0 Å². The van der Waals surface area contributed by atoms with Gasteiger partial charge in [0.1, 0.15) is 0 Å². The molecule has 0 fully saturated rings. The molecule has 2 heteroatoms. The molecule has 0 radical (unpaired) electrons. The van der Waals surface area contributed by atoms with Crippen LogP contribution in [0.3, 0.4) is 0 Å². The highest BCUT2D eigenvalue weighted by molar-refractivity contribution is 8.93. The summed E-state index contributed by atoms with van der Waals surface area (Å²) in [5.41, 5.74) is 1.00. The van der Waals surface area contributed by atoms with Gasteiger partial charge in [-0.3, -0.25) is 0 Å². The second-order valence-electron chi connectivity index (χ2n) is 2.33. The fourth-order valence-electron chi connectivity index (χ4n) is 0.911. The van der Waals surface area contributed by atoms with Crippen molar-refractivity contribution in [1.29, 1.82) is 0 Å². The molecule has 1 atom stereocenters. The third-order valence-electron chi connectivity index (χ3n) is 1.57. The van der Waals surface area contributed by atoms with Gasteiger partial charge < -0.3 is 5.11 Å². The van der Waals surface area contributed by atoms with Gasteiger partial charge in [-0.2, -0.15) is 0 Å². The van der Waals surface area contributed by atoms with Gasteiger partial charge in [-0.15, -0.1) is 17.0 Å². The van der Waals surface area contributed by atoms with Crippen molar-refractivity contribution >= 4 is 17.0 Å². The Labute approximate surface area is 77.8 Å². The number of rotatable bonds is 2. The maximum Gasteiger partial charge on any atom is 0.0787 e. The second kappa shape index (κ2) is 5.33. The first-order valence-corrected chi connectivity index (χ1v) is 3.57. The third-order valence-corrected chi connectivity index (χ3v) is 1.57. The van der Waals surface area contributed by atoms with Crippen molar-refractivity contribution in [2.75, 3.05) is 0 Å².